The van der Waals surface area contributed by atoms with Gasteiger partial charge in [-0.2, -0.15) is 0 Å². The van der Waals surface area contributed by atoms with Gasteiger partial charge in [0.25, 0.3) is 0 Å². The molecule has 1 aromatic heterocycles. The monoisotopic (exact) mass is 566 g/mol. The van der Waals surface area contributed by atoms with Crippen molar-refractivity contribution in [3.8, 4) is 5.75 Å². The minimum atomic E-state index is -1.30. The zero-order valence-electron chi connectivity index (χ0n) is 22.4. The summed E-state index contributed by atoms with van der Waals surface area (Å²) in [6.07, 6.45) is 1.58. The summed E-state index contributed by atoms with van der Waals surface area (Å²) in [5, 5.41) is 27.4. The number of aliphatic carboxylic acids is 1. The number of rotatable bonds is 14. The normalized spacial score (nSPS) is 13.9. The number of aromatic amines is 1. The fourth-order valence-electron chi connectivity index (χ4n) is 4.18. The molecular weight excluding hydrogens is 532 g/mol. The molecule has 4 amide bonds. The van der Waals surface area contributed by atoms with Gasteiger partial charge in [0, 0.05) is 36.4 Å². The van der Waals surface area contributed by atoms with E-state index < -0.39 is 53.8 Å². The summed E-state index contributed by atoms with van der Waals surface area (Å²) in [5.41, 5.74) is 13.2. The number of carboxylic acids is 1. The molecule has 1 heterocycles. The highest BCUT2D eigenvalue weighted by Gasteiger charge is 2.29. The van der Waals surface area contributed by atoms with Crippen molar-refractivity contribution in [3.05, 3.63) is 65.9 Å². The molecule has 13 nitrogen and oxygen atoms in total. The summed E-state index contributed by atoms with van der Waals surface area (Å²) < 4.78 is 0. The van der Waals surface area contributed by atoms with Crippen LogP contribution in [0.2, 0.25) is 0 Å². The van der Waals surface area contributed by atoms with Crippen LogP contribution in [0.5, 0.6) is 5.75 Å². The number of amides is 4. The van der Waals surface area contributed by atoms with Crippen LogP contribution in [0.15, 0.2) is 54.7 Å². The second-order valence-corrected chi connectivity index (χ2v) is 9.74. The quantitative estimate of drug-likeness (QED) is 0.130. The third-order valence-corrected chi connectivity index (χ3v) is 6.51. The second-order valence-electron chi connectivity index (χ2n) is 9.74. The number of para-hydroxylation sites is 1. The Kier molecular flexibility index (Phi) is 10.4. The molecule has 4 unspecified atom stereocenters. The van der Waals surface area contributed by atoms with Crippen molar-refractivity contribution >= 4 is 40.5 Å². The van der Waals surface area contributed by atoms with Crippen molar-refractivity contribution in [2.75, 3.05) is 0 Å². The van der Waals surface area contributed by atoms with Crippen LogP contribution in [0.4, 0.5) is 0 Å². The Morgan fingerprint density at radius 3 is 2.20 bits per heavy atom. The molecule has 4 atom stereocenters. The van der Waals surface area contributed by atoms with Crippen molar-refractivity contribution in [2.24, 2.45) is 11.5 Å². The van der Waals surface area contributed by atoms with Crippen LogP contribution >= 0.6 is 0 Å². The van der Waals surface area contributed by atoms with E-state index in [4.69, 9.17) is 11.5 Å². The first kappa shape index (κ1) is 30.6. The Hall–Kier alpha value is -4.91. The molecule has 0 radical (unpaired) electrons. The lowest BCUT2D eigenvalue weighted by Crippen LogP contribution is -2.57. The molecular formula is C28H34N6O7. The summed E-state index contributed by atoms with van der Waals surface area (Å²) in [5.74, 6) is -4.00. The Morgan fingerprint density at radius 1 is 0.878 bits per heavy atom. The van der Waals surface area contributed by atoms with E-state index in [0.717, 1.165) is 16.5 Å². The van der Waals surface area contributed by atoms with E-state index in [2.05, 4.69) is 20.9 Å². The summed E-state index contributed by atoms with van der Waals surface area (Å²) in [6.45, 7) is 1.38. The highest BCUT2D eigenvalue weighted by atomic mass is 16.4. The topological polar surface area (TPSA) is 230 Å². The van der Waals surface area contributed by atoms with Crippen LogP contribution in [0.3, 0.4) is 0 Å². The van der Waals surface area contributed by atoms with Gasteiger partial charge in [-0.15, -0.1) is 0 Å². The second kappa shape index (κ2) is 13.9. The number of carbonyl (C=O) groups is 5. The summed E-state index contributed by atoms with van der Waals surface area (Å²) >= 11 is 0. The molecule has 0 bridgehead atoms. The Morgan fingerprint density at radius 2 is 1.54 bits per heavy atom. The molecule has 3 rings (SSSR count). The number of phenolic OH excluding ortho intramolecular Hbond substituents is 1. The van der Waals surface area contributed by atoms with E-state index in [1.165, 1.54) is 31.2 Å². The number of hydrogen-bond acceptors (Lipinski definition) is 7. The number of aromatic hydroxyl groups is 1. The lowest BCUT2D eigenvalue weighted by molar-refractivity contribution is -0.142. The zero-order chi connectivity index (χ0) is 30.1. The first-order valence-electron chi connectivity index (χ1n) is 12.9. The Labute approximate surface area is 235 Å². The van der Waals surface area contributed by atoms with Crippen LogP contribution in [-0.2, 0) is 36.8 Å². The van der Waals surface area contributed by atoms with Crippen LogP contribution in [0.1, 0.15) is 30.9 Å². The number of nitrogens with one attached hydrogen (secondary N) is 4. The molecule has 0 saturated carbocycles. The SMILES string of the molecule is CC(NC(=O)C(Cc1c[nH]c2ccccc12)NC(=O)C(N)CCC(N)=O)C(=O)NC(Cc1ccc(O)cc1)C(=O)O. The van der Waals surface area contributed by atoms with Crippen LogP contribution in [0.25, 0.3) is 10.9 Å². The van der Waals surface area contributed by atoms with Crippen molar-refractivity contribution in [1.29, 1.82) is 0 Å². The molecule has 0 saturated heterocycles. The number of fused-ring (bicyclic) bond motifs is 1. The number of phenols is 1. The molecule has 10 N–H and O–H groups in total. The number of nitrogens with two attached hydrogens (primary N) is 2. The minimum Gasteiger partial charge on any atom is -0.508 e. The molecule has 218 valence electrons. The van der Waals surface area contributed by atoms with Crippen LogP contribution in [0, 0.1) is 0 Å². The maximum atomic E-state index is 13.3. The molecule has 13 heteroatoms. The van der Waals surface area contributed by atoms with E-state index in [9.17, 15) is 34.2 Å². The average Bonchev–Trinajstić information content (AvgIpc) is 3.34. The van der Waals surface area contributed by atoms with E-state index in [-0.39, 0.29) is 31.4 Å². The summed E-state index contributed by atoms with van der Waals surface area (Å²) in [7, 11) is 0. The number of H-pyrrole nitrogens is 1. The number of benzene rings is 2. The maximum Gasteiger partial charge on any atom is 0.326 e. The molecule has 0 fully saturated rings. The predicted octanol–water partition coefficient (Wildman–Crippen LogP) is -0.190. The minimum absolute atomic E-state index is 0.0149. The summed E-state index contributed by atoms with van der Waals surface area (Å²) in [4.78, 5) is 64.9. The van der Waals surface area contributed by atoms with Crippen LogP contribution < -0.4 is 27.4 Å². The number of carbonyl (C=O) groups excluding carboxylic acids is 4. The Balaban J connectivity index is 1.71. The molecule has 3 aromatic rings. The fourth-order valence-corrected chi connectivity index (χ4v) is 4.18. The van der Waals surface area contributed by atoms with Gasteiger partial charge in [0.2, 0.25) is 23.6 Å². The van der Waals surface area contributed by atoms with Gasteiger partial charge in [-0.25, -0.2) is 4.79 Å². The first-order chi connectivity index (χ1) is 19.4. The third kappa shape index (κ3) is 8.80. The van der Waals surface area contributed by atoms with Gasteiger partial charge >= 0.3 is 5.97 Å². The van der Waals surface area contributed by atoms with Gasteiger partial charge in [0.15, 0.2) is 0 Å². The fraction of sp³-hybridized carbons (Fsp3) is 0.321. The van der Waals surface area contributed by atoms with E-state index >= 15 is 0 Å². The van der Waals surface area contributed by atoms with Crippen molar-refractivity contribution in [2.45, 2.75) is 56.8 Å². The van der Waals surface area contributed by atoms with E-state index in [1.54, 1.807) is 6.20 Å². The third-order valence-electron chi connectivity index (χ3n) is 6.51. The van der Waals surface area contributed by atoms with Crippen LogP contribution in [-0.4, -0.2) is 69.0 Å². The van der Waals surface area contributed by atoms with Crippen molar-refractivity contribution in [3.63, 3.8) is 0 Å². The average molecular weight is 567 g/mol. The number of primary amides is 1. The maximum absolute atomic E-state index is 13.3. The smallest absolute Gasteiger partial charge is 0.326 e. The molecule has 0 aliphatic carbocycles. The van der Waals surface area contributed by atoms with Gasteiger partial charge in [-0.1, -0.05) is 30.3 Å². The number of hydrogen-bond donors (Lipinski definition) is 8. The Bertz CT molecular complexity index is 1400. The molecule has 0 aliphatic heterocycles. The molecule has 0 spiro atoms. The van der Waals surface area contributed by atoms with Gasteiger partial charge in [-0.3, -0.25) is 19.2 Å². The zero-order valence-corrected chi connectivity index (χ0v) is 22.4. The standard InChI is InChI=1S/C28H34N6O7/c1-15(25(37)34-23(28(40)41)12-16-6-8-18(35)9-7-16)32-27(39)22(33-26(38)20(29)10-11-24(30)36)13-17-14-31-21-5-3-2-4-19(17)21/h2-9,14-15,20,22-23,31,35H,10-13,29H2,1H3,(H2,30,36)(H,32,39)(H,33,38)(H,34,37)(H,40,41). The highest BCUT2D eigenvalue weighted by molar-refractivity contribution is 5.94. The number of carboxylic acid groups (broad SMARTS) is 1. The van der Waals surface area contributed by atoms with E-state index in [1.807, 2.05) is 24.3 Å². The van der Waals surface area contributed by atoms with Gasteiger partial charge in [0.1, 0.15) is 23.9 Å². The lowest BCUT2D eigenvalue weighted by atomic mass is 10.0. The van der Waals surface area contributed by atoms with Gasteiger partial charge in [-0.05, 0) is 42.7 Å². The number of aromatic nitrogens is 1. The highest BCUT2D eigenvalue weighted by Crippen LogP contribution is 2.19. The van der Waals surface area contributed by atoms with Crippen molar-refractivity contribution in [1.82, 2.24) is 20.9 Å². The predicted molar refractivity (Wildman–Crippen MR) is 149 cm³/mol. The molecule has 41 heavy (non-hydrogen) atoms. The first-order valence-corrected chi connectivity index (χ1v) is 12.9. The van der Waals surface area contributed by atoms with Gasteiger partial charge < -0.3 is 42.6 Å². The largest absolute Gasteiger partial charge is 0.508 e. The van der Waals surface area contributed by atoms with Crippen molar-refractivity contribution < 1.29 is 34.2 Å². The molecule has 2 aromatic carbocycles. The van der Waals surface area contributed by atoms with Gasteiger partial charge in [0.05, 0.1) is 6.04 Å². The van der Waals surface area contributed by atoms with E-state index in [0.29, 0.717) is 5.56 Å². The molecule has 0 aliphatic rings. The lowest BCUT2D eigenvalue weighted by Gasteiger charge is -2.23. The summed E-state index contributed by atoms with van der Waals surface area (Å²) in [6, 6.07) is 8.57.